The Kier molecular flexibility index (Phi) is 3.62. The lowest BCUT2D eigenvalue weighted by atomic mass is 10.4. The zero-order chi connectivity index (χ0) is 12.1. The maximum atomic E-state index is 11.9. The highest BCUT2D eigenvalue weighted by Crippen LogP contribution is 2.05. The first-order valence-electron chi connectivity index (χ1n) is 5.02. The van der Waals surface area contributed by atoms with Gasteiger partial charge in [0.15, 0.2) is 0 Å². The molecule has 17 heavy (non-hydrogen) atoms. The molecule has 0 amide bonds. The van der Waals surface area contributed by atoms with Crippen LogP contribution in [0.25, 0.3) is 0 Å². The number of nitrogens with zero attached hydrogens (tertiary/aromatic N) is 4. The van der Waals surface area contributed by atoms with Crippen molar-refractivity contribution in [1.29, 1.82) is 5.26 Å². The molecule has 0 aliphatic heterocycles. The van der Waals surface area contributed by atoms with Gasteiger partial charge in [-0.25, -0.2) is 4.98 Å². The van der Waals surface area contributed by atoms with Crippen molar-refractivity contribution in [2.75, 3.05) is 5.75 Å². The number of nitriles is 1. The van der Waals surface area contributed by atoms with Gasteiger partial charge in [0.25, 0.3) is 5.82 Å². The molecule has 1 heterocycles. The Morgan fingerprint density at radius 3 is 2.76 bits per heavy atom. The lowest BCUT2D eigenvalue weighted by molar-refractivity contribution is 0.641. The van der Waals surface area contributed by atoms with Gasteiger partial charge in [0.05, 0.1) is 17.3 Å². The zero-order valence-corrected chi connectivity index (χ0v) is 9.80. The standard InChI is InChI=1S/C11H10N4OS/c12-8-11-13-9-15(14-11)6-7-17(16)10-4-2-1-3-5-10/h1-5,9H,6-7H2/t17-/m0/s1. The minimum absolute atomic E-state index is 0.135. The molecule has 0 saturated heterocycles. The summed E-state index contributed by atoms with van der Waals surface area (Å²) in [4.78, 5) is 4.58. The van der Waals surface area contributed by atoms with Crippen LogP contribution in [0.4, 0.5) is 0 Å². The summed E-state index contributed by atoms with van der Waals surface area (Å²) < 4.78 is 13.4. The fraction of sp³-hybridized carbons (Fsp3) is 0.182. The number of rotatable bonds is 4. The van der Waals surface area contributed by atoms with Crippen molar-refractivity contribution in [3.8, 4) is 6.07 Å². The maximum absolute atomic E-state index is 11.9. The van der Waals surface area contributed by atoms with E-state index in [-0.39, 0.29) is 5.82 Å². The Morgan fingerprint density at radius 2 is 2.12 bits per heavy atom. The van der Waals surface area contributed by atoms with Crippen LogP contribution in [0.15, 0.2) is 41.6 Å². The molecule has 6 heteroatoms. The van der Waals surface area contributed by atoms with Crippen LogP contribution < -0.4 is 0 Å². The Bertz CT molecular complexity index is 558. The lowest BCUT2D eigenvalue weighted by Gasteiger charge is -2.01. The first-order valence-corrected chi connectivity index (χ1v) is 6.34. The number of hydrogen-bond acceptors (Lipinski definition) is 4. The average Bonchev–Trinajstić information content (AvgIpc) is 2.85. The molecular formula is C11H10N4OS. The number of aromatic nitrogens is 3. The van der Waals surface area contributed by atoms with Crippen LogP contribution >= 0.6 is 0 Å². The van der Waals surface area contributed by atoms with Gasteiger partial charge in [-0.05, 0) is 12.1 Å². The van der Waals surface area contributed by atoms with E-state index < -0.39 is 10.8 Å². The molecule has 0 saturated carbocycles. The van der Waals surface area contributed by atoms with Gasteiger partial charge in [-0.15, -0.1) is 5.10 Å². The van der Waals surface area contributed by atoms with E-state index in [9.17, 15) is 4.21 Å². The van der Waals surface area contributed by atoms with Crippen LogP contribution in [-0.4, -0.2) is 24.7 Å². The molecule has 0 N–H and O–H groups in total. The number of benzene rings is 1. The largest absolute Gasteiger partial charge is 0.254 e. The monoisotopic (exact) mass is 246 g/mol. The van der Waals surface area contributed by atoms with Crippen LogP contribution in [0.1, 0.15) is 5.82 Å². The highest BCUT2D eigenvalue weighted by atomic mass is 32.2. The van der Waals surface area contributed by atoms with Gasteiger partial charge in [0.1, 0.15) is 12.4 Å². The fourth-order valence-corrected chi connectivity index (χ4v) is 2.37. The van der Waals surface area contributed by atoms with Crippen molar-refractivity contribution < 1.29 is 4.21 Å². The molecule has 2 rings (SSSR count). The van der Waals surface area contributed by atoms with E-state index in [1.54, 1.807) is 0 Å². The van der Waals surface area contributed by atoms with Crippen LogP contribution in [0.5, 0.6) is 0 Å². The van der Waals surface area contributed by atoms with Crippen molar-refractivity contribution in [2.24, 2.45) is 0 Å². The van der Waals surface area contributed by atoms with E-state index in [1.165, 1.54) is 11.0 Å². The van der Waals surface area contributed by atoms with Crippen molar-refractivity contribution in [3.63, 3.8) is 0 Å². The second-order valence-electron chi connectivity index (χ2n) is 3.31. The molecule has 5 nitrogen and oxygen atoms in total. The summed E-state index contributed by atoms with van der Waals surface area (Å²) in [6, 6.07) is 11.1. The van der Waals surface area contributed by atoms with E-state index in [2.05, 4.69) is 10.1 Å². The fourth-order valence-electron chi connectivity index (χ4n) is 1.32. The quantitative estimate of drug-likeness (QED) is 0.805. The zero-order valence-electron chi connectivity index (χ0n) is 8.98. The van der Waals surface area contributed by atoms with Gasteiger partial charge < -0.3 is 0 Å². The van der Waals surface area contributed by atoms with Crippen molar-refractivity contribution >= 4 is 10.8 Å². The smallest absolute Gasteiger partial charge is 0.252 e. The highest BCUT2D eigenvalue weighted by Gasteiger charge is 2.04. The number of aryl methyl sites for hydroxylation is 1. The highest BCUT2D eigenvalue weighted by molar-refractivity contribution is 7.85. The van der Waals surface area contributed by atoms with E-state index >= 15 is 0 Å². The van der Waals surface area contributed by atoms with Gasteiger partial charge in [0, 0.05) is 10.6 Å². The third-order valence-corrected chi connectivity index (χ3v) is 3.50. The van der Waals surface area contributed by atoms with Crippen LogP contribution in [0, 0.1) is 11.3 Å². The van der Waals surface area contributed by atoms with Gasteiger partial charge in [0.2, 0.25) is 0 Å². The summed E-state index contributed by atoms with van der Waals surface area (Å²) in [5.41, 5.74) is 0. The van der Waals surface area contributed by atoms with Crippen molar-refractivity contribution in [3.05, 3.63) is 42.5 Å². The Morgan fingerprint density at radius 1 is 1.35 bits per heavy atom. The minimum atomic E-state index is -1.05. The first kappa shape index (κ1) is 11.5. The predicted octanol–water partition coefficient (Wildman–Crippen LogP) is 0.958. The Balaban J connectivity index is 1.95. The molecule has 0 fully saturated rings. The molecule has 0 aliphatic rings. The van der Waals surface area contributed by atoms with Gasteiger partial charge in [-0.3, -0.25) is 8.89 Å². The molecular weight excluding hydrogens is 236 g/mol. The van der Waals surface area contributed by atoms with E-state index in [0.29, 0.717) is 12.3 Å². The second-order valence-corrected chi connectivity index (χ2v) is 4.88. The second kappa shape index (κ2) is 5.37. The van der Waals surface area contributed by atoms with Crippen LogP contribution in [0.2, 0.25) is 0 Å². The van der Waals surface area contributed by atoms with Crippen molar-refractivity contribution in [2.45, 2.75) is 11.4 Å². The predicted molar refractivity (Wildman–Crippen MR) is 62.5 cm³/mol. The summed E-state index contributed by atoms with van der Waals surface area (Å²) >= 11 is 0. The molecule has 0 bridgehead atoms. The molecule has 86 valence electrons. The lowest BCUT2D eigenvalue weighted by Crippen LogP contribution is -2.08. The van der Waals surface area contributed by atoms with Crippen LogP contribution in [-0.2, 0) is 17.3 Å². The third-order valence-electron chi connectivity index (χ3n) is 2.15. The molecule has 1 atom stereocenters. The summed E-state index contributed by atoms with van der Waals surface area (Å²) in [5.74, 6) is 0.591. The van der Waals surface area contributed by atoms with Gasteiger partial charge in [-0.2, -0.15) is 5.26 Å². The molecule has 1 aromatic carbocycles. The van der Waals surface area contributed by atoms with Crippen molar-refractivity contribution in [1.82, 2.24) is 14.8 Å². The SMILES string of the molecule is N#Cc1ncn(CC[S@](=O)c2ccccc2)n1. The normalized spacial score (nSPS) is 11.9. The molecule has 0 radical (unpaired) electrons. The van der Waals surface area contributed by atoms with Crippen LogP contribution in [0.3, 0.4) is 0 Å². The van der Waals surface area contributed by atoms with Gasteiger partial charge in [-0.1, -0.05) is 18.2 Å². The maximum Gasteiger partial charge on any atom is 0.252 e. The summed E-state index contributed by atoms with van der Waals surface area (Å²) in [6.07, 6.45) is 1.47. The average molecular weight is 246 g/mol. The molecule has 0 spiro atoms. The molecule has 0 unspecified atom stereocenters. The van der Waals surface area contributed by atoms with E-state index in [0.717, 1.165) is 4.90 Å². The number of hydrogen-bond donors (Lipinski definition) is 0. The third kappa shape index (κ3) is 2.98. The summed E-state index contributed by atoms with van der Waals surface area (Å²) in [7, 11) is -1.05. The first-order chi connectivity index (χ1) is 8.29. The van der Waals surface area contributed by atoms with E-state index in [1.807, 2.05) is 36.4 Å². The molecule has 1 aromatic heterocycles. The summed E-state index contributed by atoms with van der Waals surface area (Å²) in [6.45, 7) is 0.482. The Hall–Kier alpha value is -2.00. The molecule has 0 aliphatic carbocycles. The minimum Gasteiger partial charge on any atom is -0.254 e. The topological polar surface area (TPSA) is 71.6 Å². The Labute approximate surface area is 101 Å². The van der Waals surface area contributed by atoms with E-state index in [4.69, 9.17) is 5.26 Å². The summed E-state index contributed by atoms with van der Waals surface area (Å²) in [5, 5.41) is 12.5. The molecule has 2 aromatic rings. The van der Waals surface area contributed by atoms with Gasteiger partial charge >= 0.3 is 0 Å².